The first-order chi connectivity index (χ1) is 9.17. The van der Waals surface area contributed by atoms with E-state index in [9.17, 15) is 14.7 Å². The minimum atomic E-state index is -0.230. The van der Waals surface area contributed by atoms with Crippen LogP contribution in [-0.2, 0) is 9.59 Å². The van der Waals surface area contributed by atoms with Crippen LogP contribution in [0.3, 0.4) is 0 Å². The third kappa shape index (κ3) is 2.02. The Balaban J connectivity index is 1.78. The van der Waals surface area contributed by atoms with Crippen LogP contribution in [0.15, 0.2) is 12.2 Å². The first kappa shape index (κ1) is 12.9. The van der Waals surface area contributed by atoms with Crippen molar-refractivity contribution in [1.29, 1.82) is 0 Å². The van der Waals surface area contributed by atoms with E-state index in [1.165, 1.54) is 4.90 Å². The van der Waals surface area contributed by atoms with Crippen LogP contribution in [0.25, 0.3) is 0 Å². The summed E-state index contributed by atoms with van der Waals surface area (Å²) >= 11 is 0. The normalized spacial score (nSPS) is 33.0. The first-order valence-electron chi connectivity index (χ1n) is 7.28. The second-order valence-corrected chi connectivity index (χ2v) is 6.28. The van der Waals surface area contributed by atoms with Crippen molar-refractivity contribution in [3.05, 3.63) is 12.2 Å². The molecule has 1 aliphatic heterocycles. The minimum Gasteiger partial charge on any atom is -0.396 e. The molecule has 0 bridgehead atoms. The largest absolute Gasteiger partial charge is 0.396 e. The number of likely N-dealkylation sites (tertiary alicyclic amines) is 1. The molecule has 0 aromatic heterocycles. The number of hydrogen-bond donors (Lipinski definition) is 1. The molecule has 1 N–H and O–H groups in total. The molecule has 3 aliphatic rings. The molecule has 0 aromatic carbocycles. The van der Waals surface area contributed by atoms with Gasteiger partial charge in [-0.05, 0) is 25.7 Å². The van der Waals surface area contributed by atoms with Crippen molar-refractivity contribution in [3.8, 4) is 0 Å². The van der Waals surface area contributed by atoms with Gasteiger partial charge in [-0.2, -0.15) is 0 Å². The van der Waals surface area contributed by atoms with Gasteiger partial charge >= 0.3 is 0 Å². The Hall–Kier alpha value is -1.16. The quantitative estimate of drug-likeness (QED) is 0.620. The zero-order chi connectivity index (χ0) is 13.5. The maximum Gasteiger partial charge on any atom is 0.233 e. The van der Waals surface area contributed by atoms with E-state index in [4.69, 9.17) is 0 Å². The summed E-state index contributed by atoms with van der Waals surface area (Å²) in [5.74, 6) is -0.317. The molecule has 3 rings (SSSR count). The van der Waals surface area contributed by atoms with Gasteiger partial charge in [-0.3, -0.25) is 14.5 Å². The highest BCUT2D eigenvalue weighted by molar-refractivity contribution is 6.05. The summed E-state index contributed by atoms with van der Waals surface area (Å²) in [6.07, 6.45) is 9.43. The van der Waals surface area contributed by atoms with Crippen LogP contribution in [0, 0.1) is 17.3 Å². The third-order valence-electron chi connectivity index (χ3n) is 5.09. The van der Waals surface area contributed by atoms with Gasteiger partial charge in [0.15, 0.2) is 0 Å². The summed E-state index contributed by atoms with van der Waals surface area (Å²) in [5.41, 5.74) is -0.230. The molecule has 2 atom stereocenters. The molecule has 104 valence electrons. The van der Waals surface area contributed by atoms with Crippen LogP contribution in [0.1, 0.15) is 38.5 Å². The smallest absolute Gasteiger partial charge is 0.233 e. The topological polar surface area (TPSA) is 57.6 Å². The maximum atomic E-state index is 12.4. The Morgan fingerprint density at radius 3 is 2.11 bits per heavy atom. The van der Waals surface area contributed by atoms with Crippen molar-refractivity contribution in [2.24, 2.45) is 17.3 Å². The predicted octanol–water partition coefficient (Wildman–Crippen LogP) is 1.49. The molecule has 1 heterocycles. The SMILES string of the molecule is O=C1[C@H]2CC=CC[C@H]2C(=O)N1CC1(CO)CCCC1. The highest BCUT2D eigenvalue weighted by Gasteiger charge is 2.49. The number of aliphatic hydroxyl groups is 1. The molecule has 4 nitrogen and oxygen atoms in total. The Bertz CT molecular complexity index is 397. The standard InChI is InChI=1S/C15H21NO3/c17-10-15(7-3-4-8-15)9-16-13(18)11-5-1-2-6-12(11)14(16)19/h1-2,11-12,17H,3-10H2/t11-,12+. The Kier molecular flexibility index (Phi) is 3.21. The molecule has 0 spiro atoms. The zero-order valence-corrected chi connectivity index (χ0v) is 11.2. The van der Waals surface area contributed by atoms with Gasteiger partial charge in [0.1, 0.15) is 0 Å². The van der Waals surface area contributed by atoms with Crippen LogP contribution in [0.5, 0.6) is 0 Å². The molecule has 0 radical (unpaired) electrons. The summed E-state index contributed by atoms with van der Waals surface area (Å²) < 4.78 is 0. The number of nitrogens with zero attached hydrogens (tertiary/aromatic N) is 1. The molecule has 2 fully saturated rings. The van der Waals surface area contributed by atoms with Crippen molar-refractivity contribution in [3.63, 3.8) is 0 Å². The highest BCUT2D eigenvalue weighted by Crippen LogP contribution is 2.42. The summed E-state index contributed by atoms with van der Waals surface area (Å²) in [4.78, 5) is 26.2. The Labute approximate surface area is 113 Å². The van der Waals surface area contributed by atoms with Gasteiger partial charge in [-0.15, -0.1) is 0 Å². The number of allylic oxidation sites excluding steroid dienone is 2. The minimum absolute atomic E-state index is 0.0147. The van der Waals surface area contributed by atoms with Gasteiger partial charge in [-0.25, -0.2) is 0 Å². The lowest BCUT2D eigenvalue weighted by atomic mass is 9.85. The summed E-state index contributed by atoms with van der Waals surface area (Å²) in [5, 5.41) is 9.65. The van der Waals surface area contributed by atoms with E-state index < -0.39 is 0 Å². The van der Waals surface area contributed by atoms with Crippen molar-refractivity contribution in [1.82, 2.24) is 4.90 Å². The van der Waals surface area contributed by atoms with E-state index in [0.717, 1.165) is 25.7 Å². The molecule has 2 aliphatic carbocycles. The number of carbonyl (C=O) groups excluding carboxylic acids is 2. The molecule has 4 heteroatoms. The van der Waals surface area contributed by atoms with E-state index in [0.29, 0.717) is 19.4 Å². The lowest BCUT2D eigenvalue weighted by molar-refractivity contribution is -0.142. The second kappa shape index (κ2) is 4.75. The van der Waals surface area contributed by atoms with E-state index in [-0.39, 0.29) is 35.7 Å². The van der Waals surface area contributed by atoms with Gasteiger partial charge in [0, 0.05) is 12.0 Å². The summed E-state index contributed by atoms with van der Waals surface area (Å²) in [6.45, 7) is 0.506. The van der Waals surface area contributed by atoms with E-state index in [1.807, 2.05) is 12.2 Å². The predicted molar refractivity (Wildman–Crippen MR) is 70.1 cm³/mol. The average Bonchev–Trinajstić information content (AvgIpc) is 3.00. The van der Waals surface area contributed by atoms with Gasteiger partial charge < -0.3 is 5.11 Å². The molecular weight excluding hydrogens is 242 g/mol. The molecule has 0 unspecified atom stereocenters. The first-order valence-corrected chi connectivity index (χ1v) is 7.28. The Morgan fingerprint density at radius 1 is 1.11 bits per heavy atom. The molecule has 1 saturated carbocycles. The molecular formula is C15H21NO3. The molecule has 19 heavy (non-hydrogen) atoms. The average molecular weight is 263 g/mol. The van der Waals surface area contributed by atoms with E-state index >= 15 is 0 Å². The molecule has 2 amide bonds. The van der Waals surface area contributed by atoms with Crippen LogP contribution < -0.4 is 0 Å². The highest BCUT2D eigenvalue weighted by atomic mass is 16.3. The number of amides is 2. The number of fused-ring (bicyclic) bond motifs is 1. The lowest BCUT2D eigenvalue weighted by Gasteiger charge is -2.30. The van der Waals surface area contributed by atoms with E-state index in [2.05, 4.69) is 0 Å². The van der Waals surface area contributed by atoms with Crippen LogP contribution in [0.4, 0.5) is 0 Å². The fourth-order valence-corrected chi connectivity index (χ4v) is 3.85. The maximum absolute atomic E-state index is 12.4. The van der Waals surface area contributed by atoms with Crippen molar-refractivity contribution >= 4 is 11.8 Å². The van der Waals surface area contributed by atoms with Gasteiger partial charge in [0.2, 0.25) is 11.8 Å². The van der Waals surface area contributed by atoms with Crippen molar-refractivity contribution in [2.75, 3.05) is 13.2 Å². The fourth-order valence-electron chi connectivity index (χ4n) is 3.85. The second-order valence-electron chi connectivity index (χ2n) is 6.28. The summed E-state index contributed by atoms with van der Waals surface area (Å²) in [7, 11) is 0. The van der Waals surface area contributed by atoms with Crippen LogP contribution in [0.2, 0.25) is 0 Å². The molecule has 1 saturated heterocycles. The number of rotatable bonds is 3. The van der Waals surface area contributed by atoms with Crippen molar-refractivity contribution in [2.45, 2.75) is 38.5 Å². The monoisotopic (exact) mass is 263 g/mol. The number of aliphatic hydroxyl groups excluding tert-OH is 1. The lowest BCUT2D eigenvalue weighted by Crippen LogP contribution is -2.42. The molecule has 0 aromatic rings. The van der Waals surface area contributed by atoms with Gasteiger partial charge in [0.05, 0.1) is 18.4 Å². The zero-order valence-electron chi connectivity index (χ0n) is 11.2. The van der Waals surface area contributed by atoms with Crippen LogP contribution >= 0.6 is 0 Å². The number of hydrogen-bond acceptors (Lipinski definition) is 3. The number of carbonyl (C=O) groups is 2. The Morgan fingerprint density at radius 2 is 1.63 bits per heavy atom. The van der Waals surface area contributed by atoms with Crippen LogP contribution in [-0.4, -0.2) is 35.0 Å². The summed E-state index contributed by atoms with van der Waals surface area (Å²) in [6, 6.07) is 0. The van der Waals surface area contributed by atoms with Gasteiger partial charge in [-0.1, -0.05) is 25.0 Å². The van der Waals surface area contributed by atoms with Crippen molar-refractivity contribution < 1.29 is 14.7 Å². The van der Waals surface area contributed by atoms with E-state index in [1.54, 1.807) is 0 Å². The number of imide groups is 1. The third-order valence-corrected chi connectivity index (χ3v) is 5.09. The fraction of sp³-hybridized carbons (Fsp3) is 0.733. The van der Waals surface area contributed by atoms with Gasteiger partial charge in [0.25, 0.3) is 0 Å².